The number of benzene rings is 3. The van der Waals surface area contributed by atoms with Crippen LogP contribution in [-0.2, 0) is 19.3 Å². The molecule has 32 heavy (non-hydrogen) atoms. The van der Waals surface area contributed by atoms with Crippen LogP contribution in [0.1, 0.15) is 68.6 Å². The van der Waals surface area contributed by atoms with E-state index in [1.807, 2.05) is 0 Å². The summed E-state index contributed by atoms with van der Waals surface area (Å²) in [4.78, 5) is 10.1. The van der Waals surface area contributed by atoms with Crippen molar-refractivity contribution in [3.63, 3.8) is 0 Å². The zero-order chi connectivity index (χ0) is 22.2. The van der Waals surface area contributed by atoms with Crippen molar-refractivity contribution in [2.24, 2.45) is 0 Å². The van der Waals surface area contributed by atoms with E-state index in [1.54, 1.807) is 34.2 Å². The maximum absolute atomic E-state index is 10.1. The Morgan fingerprint density at radius 1 is 0.750 bits per heavy atom. The zero-order valence-electron chi connectivity index (χ0n) is 19.2. The second-order valence-corrected chi connectivity index (χ2v) is 8.88. The van der Waals surface area contributed by atoms with Crippen molar-refractivity contribution in [3.05, 3.63) is 94.0 Å². The first-order valence-electron chi connectivity index (χ1n) is 12.3. The third kappa shape index (κ3) is 5.30. The van der Waals surface area contributed by atoms with Crippen LogP contribution in [0.15, 0.2) is 76.1 Å². The van der Waals surface area contributed by atoms with Gasteiger partial charge in [-0.1, -0.05) is 81.1 Å². The van der Waals surface area contributed by atoms with Crippen LogP contribution in [0.3, 0.4) is 0 Å². The minimum Gasteiger partial charge on any atom is -0.431 e. The molecule has 0 aliphatic heterocycles. The van der Waals surface area contributed by atoms with Crippen LogP contribution in [0.2, 0.25) is 0 Å². The standard InChI is InChI=1S/C25H30.C5H4O2/c1-2-3-4-5-6-12-20-18-25-21-13-8-7-11-19(21)16-17-24(25)23-15-10-9-14-22(20)23;6-5-3-1-2-4-7-5/h9-10,14-18H,2-8,11-13H2,1H3;1-4H. The smallest absolute Gasteiger partial charge is 0.335 e. The highest BCUT2D eigenvalue weighted by atomic mass is 16.4. The molecule has 0 atom stereocenters. The molecular weight excluding hydrogens is 392 g/mol. The SMILES string of the molecule is CCCCCCCc1cc2c3c(ccc2c2ccccc12)CCCC3.O=c1cccco1. The van der Waals surface area contributed by atoms with Crippen LogP contribution in [0.4, 0.5) is 0 Å². The molecule has 1 aliphatic rings. The molecule has 0 N–H and O–H groups in total. The number of rotatable bonds is 6. The Balaban J connectivity index is 0.000000300. The van der Waals surface area contributed by atoms with E-state index in [0.717, 1.165) is 0 Å². The summed E-state index contributed by atoms with van der Waals surface area (Å²) >= 11 is 0. The molecule has 0 radical (unpaired) electrons. The first-order chi connectivity index (χ1) is 15.8. The third-order valence-corrected chi connectivity index (χ3v) is 6.61. The topological polar surface area (TPSA) is 30.2 Å². The Hall–Kier alpha value is -2.87. The summed E-state index contributed by atoms with van der Waals surface area (Å²) in [5, 5.41) is 5.93. The molecule has 4 aromatic rings. The Morgan fingerprint density at radius 2 is 1.50 bits per heavy atom. The van der Waals surface area contributed by atoms with Crippen LogP contribution in [0.25, 0.3) is 21.5 Å². The van der Waals surface area contributed by atoms with Gasteiger partial charge in [0.1, 0.15) is 0 Å². The van der Waals surface area contributed by atoms with Crippen molar-refractivity contribution in [3.8, 4) is 0 Å². The molecule has 0 saturated heterocycles. The summed E-state index contributed by atoms with van der Waals surface area (Å²) in [6, 6.07) is 21.0. The van der Waals surface area contributed by atoms with Gasteiger partial charge in [0.05, 0.1) is 6.26 Å². The van der Waals surface area contributed by atoms with Crippen molar-refractivity contribution >= 4 is 21.5 Å². The minimum absolute atomic E-state index is 0.303. The zero-order valence-corrected chi connectivity index (χ0v) is 19.2. The molecule has 0 unspecified atom stereocenters. The molecule has 1 heterocycles. The van der Waals surface area contributed by atoms with E-state index in [9.17, 15) is 4.79 Å². The van der Waals surface area contributed by atoms with E-state index in [4.69, 9.17) is 0 Å². The van der Waals surface area contributed by atoms with Crippen molar-refractivity contribution < 1.29 is 4.42 Å². The van der Waals surface area contributed by atoms with Gasteiger partial charge in [0, 0.05) is 6.07 Å². The Labute approximate surface area is 191 Å². The summed E-state index contributed by atoms with van der Waals surface area (Å²) in [6.07, 6.45) is 14.6. The van der Waals surface area contributed by atoms with Crippen molar-refractivity contribution in [2.75, 3.05) is 0 Å². The molecule has 3 aromatic carbocycles. The average molecular weight is 427 g/mol. The highest BCUT2D eigenvalue weighted by Gasteiger charge is 2.15. The van der Waals surface area contributed by atoms with E-state index in [1.165, 1.54) is 92.7 Å². The van der Waals surface area contributed by atoms with E-state index in [2.05, 4.69) is 53.8 Å². The molecule has 166 valence electrons. The largest absolute Gasteiger partial charge is 0.431 e. The quantitative estimate of drug-likeness (QED) is 0.231. The van der Waals surface area contributed by atoms with E-state index in [0.29, 0.717) is 0 Å². The minimum atomic E-state index is -0.303. The maximum atomic E-state index is 10.1. The first kappa shape index (κ1) is 22.3. The lowest BCUT2D eigenvalue weighted by molar-refractivity contribution is 0.511. The van der Waals surface area contributed by atoms with Gasteiger partial charge in [0.15, 0.2) is 0 Å². The summed E-state index contributed by atoms with van der Waals surface area (Å²) in [5.74, 6) is 0. The lowest BCUT2D eigenvalue weighted by Gasteiger charge is -2.20. The molecule has 0 fully saturated rings. The predicted molar refractivity (Wildman–Crippen MR) is 136 cm³/mol. The van der Waals surface area contributed by atoms with Gasteiger partial charge < -0.3 is 4.42 Å². The van der Waals surface area contributed by atoms with Crippen LogP contribution in [0, 0.1) is 0 Å². The van der Waals surface area contributed by atoms with Crippen LogP contribution >= 0.6 is 0 Å². The summed E-state index contributed by atoms with van der Waals surface area (Å²) in [5.41, 5.74) is 4.51. The molecule has 5 rings (SSSR count). The van der Waals surface area contributed by atoms with Gasteiger partial charge in [-0.15, -0.1) is 0 Å². The molecule has 2 heteroatoms. The fraction of sp³-hybridized carbons (Fsp3) is 0.367. The second kappa shape index (κ2) is 11.1. The van der Waals surface area contributed by atoms with Gasteiger partial charge in [-0.2, -0.15) is 0 Å². The third-order valence-electron chi connectivity index (χ3n) is 6.61. The molecule has 1 aliphatic carbocycles. The lowest BCUT2D eigenvalue weighted by Crippen LogP contribution is -2.03. The van der Waals surface area contributed by atoms with Crippen molar-refractivity contribution in [2.45, 2.75) is 71.1 Å². The Bertz CT molecular complexity index is 1200. The fourth-order valence-electron chi connectivity index (χ4n) is 4.96. The maximum Gasteiger partial charge on any atom is 0.335 e. The average Bonchev–Trinajstić information content (AvgIpc) is 2.84. The van der Waals surface area contributed by atoms with Gasteiger partial charge >= 0.3 is 5.63 Å². The Kier molecular flexibility index (Phi) is 7.77. The van der Waals surface area contributed by atoms with E-state index >= 15 is 0 Å². The molecule has 0 amide bonds. The van der Waals surface area contributed by atoms with Gasteiger partial charge in [-0.05, 0) is 82.8 Å². The van der Waals surface area contributed by atoms with Gasteiger partial charge in [-0.25, -0.2) is 4.79 Å². The van der Waals surface area contributed by atoms with Gasteiger partial charge in [-0.3, -0.25) is 0 Å². The van der Waals surface area contributed by atoms with E-state index in [-0.39, 0.29) is 5.63 Å². The van der Waals surface area contributed by atoms with Crippen molar-refractivity contribution in [1.82, 2.24) is 0 Å². The normalized spacial score (nSPS) is 12.9. The van der Waals surface area contributed by atoms with Gasteiger partial charge in [0.2, 0.25) is 0 Å². The number of hydrogen-bond donors (Lipinski definition) is 0. The van der Waals surface area contributed by atoms with Gasteiger partial charge in [0.25, 0.3) is 0 Å². The van der Waals surface area contributed by atoms with Crippen molar-refractivity contribution in [1.29, 1.82) is 0 Å². The lowest BCUT2D eigenvalue weighted by atomic mass is 9.85. The predicted octanol–water partition coefficient (Wildman–Crippen LogP) is 8.02. The molecule has 1 aromatic heterocycles. The molecule has 2 nitrogen and oxygen atoms in total. The number of unbranched alkanes of at least 4 members (excludes halogenated alkanes) is 4. The second-order valence-electron chi connectivity index (χ2n) is 8.88. The number of fused-ring (bicyclic) bond motifs is 5. The first-order valence-corrected chi connectivity index (χ1v) is 12.3. The molecule has 0 bridgehead atoms. The highest BCUT2D eigenvalue weighted by molar-refractivity contribution is 6.10. The fourth-order valence-corrected chi connectivity index (χ4v) is 4.96. The molecule has 0 spiro atoms. The number of hydrogen-bond acceptors (Lipinski definition) is 2. The highest BCUT2D eigenvalue weighted by Crippen LogP contribution is 2.35. The molecule has 0 saturated carbocycles. The summed E-state index contributed by atoms with van der Waals surface area (Å²) in [6.45, 7) is 2.29. The van der Waals surface area contributed by atoms with Crippen LogP contribution in [0.5, 0.6) is 0 Å². The monoisotopic (exact) mass is 426 g/mol. The Morgan fingerprint density at radius 3 is 2.25 bits per heavy atom. The molecular formula is C30H34O2. The van der Waals surface area contributed by atoms with Crippen LogP contribution < -0.4 is 5.63 Å². The number of aryl methyl sites for hydroxylation is 3. The van der Waals surface area contributed by atoms with Crippen LogP contribution in [-0.4, -0.2) is 0 Å². The van der Waals surface area contributed by atoms with E-state index < -0.39 is 0 Å². The summed E-state index contributed by atoms with van der Waals surface area (Å²) in [7, 11) is 0. The summed E-state index contributed by atoms with van der Waals surface area (Å²) < 4.78 is 4.37.